The number of para-hydroxylation sites is 1. The van der Waals surface area contributed by atoms with Crippen molar-refractivity contribution in [2.45, 2.75) is 0 Å². The third-order valence-corrected chi connectivity index (χ3v) is 3.67. The Labute approximate surface area is 154 Å². The van der Waals surface area contributed by atoms with Crippen LogP contribution in [0, 0.1) is 0 Å². The van der Waals surface area contributed by atoms with Gasteiger partial charge in [0.2, 0.25) is 0 Å². The number of carbonyl (C=O) groups is 3. The number of benzene rings is 2. The predicted octanol–water partition coefficient (Wildman–Crippen LogP) is 1.89. The highest BCUT2D eigenvalue weighted by atomic mass is 16.5. The highest BCUT2D eigenvalue weighted by Crippen LogP contribution is 2.22. The number of nitrogens with zero attached hydrogens (tertiary/aromatic N) is 1. The lowest BCUT2D eigenvalue weighted by Crippen LogP contribution is -2.37. The number of fused-ring (bicyclic) bond motifs is 1. The number of hydrogen-bond donors (Lipinski definition) is 3. The molecule has 1 heterocycles. The maximum absolute atomic E-state index is 11.9. The van der Waals surface area contributed by atoms with E-state index in [2.05, 4.69) is 21.2 Å². The van der Waals surface area contributed by atoms with Crippen molar-refractivity contribution in [2.24, 2.45) is 5.10 Å². The van der Waals surface area contributed by atoms with Crippen molar-refractivity contribution in [1.29, 1.82) is 0 Å². The van der Waals surface area contributed by atoms with Crippen LogP contribution in [0.25, 0.3) is 6.08 Å². The van der Waals surface area contributed by atoms with E-state index in [-0.39, 0.29) is 5.71 Å². The number of carbonyl (C=O) groups excluding carboxylic acids is 3. The van der Waals surface area contributed by atoms with E-state index in [1.807, 2.05) is 0 Å². The summed E-state index contributed by atoms with van der Waals surface area (Å²) in [6.45, 7) is 0. The number of rotatable bonds is 4. The number of hydrogen-bond acceptors (Lipinski definition) is 5. The van der Waals surface area contributed by atoms with Crippen molar-refractivity contribution in [2.75, 3.05) is 12.4 Å². The molecule has 1 aliphatic rings. The Morgan fingerprint density at radius 3 is 2.78 bits per heavy atom. The summed E-state index contributed by atoms with van der Waals surface area (Å²) >= 11 is 0. The van der Waals surface area contributed by atoms with Gasteiger partial charge in [-0.2, -0.15) is 5.10 Å². The number of ether oxygens (including phenoxy) is 1. The molecule has 2 aromatic rings. The van der Waals surface area contributed by atoms with Crippen molar-refractivity contribution in [3.8, 4) is 5.75 Å². The SMILES string of the molecule is COc1cccc(/C=C/C(=O)NC(=O)N/N=C2\C(=O)Nc3ccccc32)c1. The lowest BCUT2D eigenvalue weighted by molar-refractivity contribution is -0.115. The molecule has 0 aromatic heterocycles. The monoisotopic (exact) mass is 364 g/mol. The van der Waals surface area contributed by atoms with E-state index >= 15 is 0 Å². The lowest BCUT2D eigenvalue weighted by atomic mass is 10.1. The molecular weight excluding hydrogens is 348 g/mol. The average molecular weight is 364 g/mol. The van der Waals surface area contributed by atoms with Crippen LogP contribution in [-0.4, -0.2) is 30.7 Å². The smallest absolute Gasteiger partial charge is 0.342 e. The molecule has 4 amide bonds. The molecule has 3 rings (SSSR count). The molecule has 0 unspecified atom stereocenters. The van der Waals surface area contributed by atoms with Crippen LogP contribution in [0.3, 0.4) is 0 Å². The fourth-order valence-electron chi connectivity index (χ4n) is 2.42. The van der Waals surface area contributed by atoms with Gasteiger partial charge >= 0.3 is 6.03 Å². The third kappa shape index (κ3) is 4.37. The maximum atomic E-state index is 11.9. The van der Waals surface area contributed by atoms with Crippen molar-refractivity contribution in [1.82, 2.24) is 10.7 Å². The second-order valence-corrected chi connectivity index (χ2v) is 5.50. The number of imide groups is 1. The standard InChI is InChI=1S/C19H16N4O4/c1-27-13-6-4-5-12(11-13)9-10-16(24)21-19(26)23-22-17-14-7-2-3-8-15(14)20-18(17)25/h2-11H,1H3,(H,20,22,25)(H2,21,23,24,26)/b10-9+. The first kappa shape index (κ1) is 17.9. The molecule has 136 valence electrons. The summed E-state index contributed by atoms with van der Waals surface area (Å²) in [7, 11) is 1.55. The first-order valence-corrected chi connectivity index (χ1v) is 7.98. The van der Waals surface area contributed by atoms with Crippen LogP contribution in [0.15, 0.2) is 59.7 Å². The van der Waals surface area contributed by atoms with Gasteiger partial charge in [0, 0.05) is 11.6 Å². The van der Waals surface area contributed by atoms with Crippen molar-refractivity contribution in [3.63, 3.8) is 0 Å². The van der Waals surface area contributed by atoms with Crippen LogP contribution in [-0.2, 0) is 9.59 Å². The van der Waals surface area contributed by atoms with Crippen LogP contribution in [0.2, 0.25) is 0 Å². The van der Waals surface area contributed by atoms with Crippen molar-refractivity contribution in [3.05, 3.63) is 65.7 Å². The van der Waals surface area contributed by atoms with E-state index in [4.69, 9.17) is 4.74 Å². The zero-order valence-electron chi connectivity index (χ0n) is 14.4. The van der Waals surface area contributed by atoms with Crippen molar-refractivity contribution >= 4 is 35.3 Å². The summed E-state index contributed by atoms with van der Waals surface area (Å²) < 4.78 is 5.09. The third-order valence-electron chi connectivity index (χ3n) is 3.67. The van der Waals surface area contributed by atoms with Crippen molar-refractivity contribution < 1.29 is 19.1 Å². The van der Waals surface area contributed by atoms with Gasteiger partial charge in [-0.05, 0) is 29.8 Å². The van der Waals surface area contributed by atoms with E-state index < -0.39 is 17.8 Å². The fourth-order valence-corrected chi connectivity index (χ4v) is 2.42. The average Bonchev–Trinajstić information content (AvgIpc) is 3.00. The summed E-state index contributed by atoms with van der Waals surface area (Å²) in [5.74, 6) is -0.409. The molecule has 8 heteroatoms. The zero-order chi connectivity index (χ0) is 19.2. The number of nitrogens with one attached hydrogen (secondary N) is 3. The van der Waals surface area contributed by atoms with E-state index in [9.17, 15) is 14.4 Å². The van der Waals surface area contributed by atoms with E-state index in [0.29, 0.717) is 17.0 Å². The van der Waals surface area contributed by atoms with Crippen LogP contribution in [0.1, 0.15) is 11.1 Å². The number of anilines is 1. The van der Waals surface area contributed by atoms with Gasteiger partial charge in [-0.3, -0.25) is 14.9 Å². The van der Waals surface area contributed by atoms with Gasteiger partial charge in [-0.25, -0.2) is 10.2 Å². The topological polar surface area (TPSA) is 109 Å². The minimum Gasteiger partial charge on any atom is -0.497 e. The minimum atomic E-state index is -0.847. The molecule has 0 bridgehead atoms. The van der Waals surface area contributed by atoms with Crippen LogP contribution >= 0.6 is 0 Å². The van der Waals surface area contributed by atoms with Crippen LogP contribution in [0.4, 0.5) is 10.5 Å². The lowest BCUT2D eigenvalue weighted by Gasteiger charge is -2.02. The summed E-state index contributed by atoms with van der Waals surface area (Å²) in [5, 5.41) is 8.51. The second-order valence-electron chi connectivity index (χ2n) is 5.50. The first-order valence-electron chi connectivity index (χ1n) is 7.98. The molecule has 27 heavy (non-hydrogen) atoms. The van der Waals surface area contributed by atoms with Crippen LogP contribution in [0.5, 0.6) is 5.75 Å². The molecule has 0 aliphatic carbocycles. The Bertz CT molecular complexity index is 966. The fraction of sp³-hybridized carbons (Fsp3) is 0.0526. The Morgan fingerprint density at radius 1 is 1.15 bits per heavy atom. The molecular formula is C19H16N4O4. The predicted molar refractivity (Wildman–Crippen MR) is 100 cm³/mol. The van der Waals surface area contributed by atoms with E-state index in [1.54, 1.807) is 55.6 Å². The molecule has 0 radical (unpaired) electrons. The number of methoxy groups -OCH3 is 1. The molecule has 0 saturated heterocycles. The molecule has 0 saturated carbocycles. The molecule has 3 N–H and O–H groups in total. The van der Waals surface area contributed by atoms with Gasteiger partial charge < -0.3 is 10.1 Å². The summed E-state index contributed by atoms with van der Waals surface area (Å²) in [6.07, 6.45) is 2.75. The largest absolute Gasteiger partial charge is 0.497 e. The van der Waals surface area contributed by atoms with Gasteiger partial charge in [0.15, 0.2) is 5.71 Å². The number of amides is 4. The first-order chi connectivity index (χ1) is 13.1. The van der Waals surface area contributed by atoms with Gasteiger partial charge in [0.05, 0.1) is 12.8 Å². The van der Waals surface area contributed by atoms with Gasteiger partial charge in [-0.1, -0.05) is 30.3 Å². The molecule has 0 atom stereocenters. The molecule has 0 fully saturated rings. The second kappa shape index (κ2) is 7.96. The zero-order valence-corrected chi connectivity index (χ0v) is 14.4. The summed E-state index contributed by atoms with van der Waals surface area (Å²) in [4.78, 5) is 35.5. The minimum absolute atomic E-state index is 0.0696. The summed E-state index contributed by atoms with van der Waals surface area (Å²) in [6, 6.07) is 13.2. The Balaban J connectivity index is 1.58. The number of hydrazone groups is 1. The van der Waals surface area contributed by atoms with Crippen LogP contribution < -0.4 is 20.8 Å². The maximum Gasteiger partial charge on any atom is 0.342 e. The Morgan fingerprint density at radius 2 is 1.96 bits per heavy atom. The highest BCUT2D eigenvalue weighted by molar-refractivity contribution is 6.53. The van der Waals surface area contributed by atoms with Gasteiger partial charge in [0.25, 0.3) is 11.8 Å². The molecule has 8 nitrogen and oxygen atoms in total. The Hall–Kier alpha value is -3.94. The summed E-state index contributed by atoms with van der Waals surface area (Å²) in [5.41, 5.74) is 4.14. The highest BCUT2D eigenvalue weighted by Gasteiger charge is 2.25. The van der Waals surface area contributed by atoms with E-state index in [0.717, 1.165) is 5.56 Å². The van der Waals surface area contributed by atoms with Gasteiger partial charge in [0.1, 0.15) is 5.75 Å². The molecule has 2 aromatic carbocycles. The Kier molecular flexibility index (Phi) is 5.27. The number of urea groups is 1. The molecule has 1 aliphatic heterocycles. The van der Waals surface area contributed by atoms with E-state index in [1.165, 1.54) is 12.2 Å². The normalized spacial score (nSPS) is 14.0. The van der Waals surface area contributed by atoms with Gasteiger partial charge in [-0.15, -0.1) is 0 Å². The molecule has 0 spiro atoms. The quantitative estimate of drug-likeness (QED) is 0.568.